The summed E-state index contributed by atoms with van der Waals surface area (Å²) >= 11 is 0. The fourth-order valence-corrected chi connectivity index (χ4v) is 2.99. The summed E-state index contributed by atoms with van der Waals surface area (Å²) in [6.45, 7) is 6.79. The molecule has 1 aromatic heterocycles. The molecule has 2 heterocycles. The Bertz CT molecular complexity index is 483. The first-order valence-electron chi connectivity index (χ1n) is 8.60. The number of carbonyl (C=O) groups is 1. The molecule has 0 radical (unpaired) electrons. The van der Waals surface area contributed by atoms with Gasteiger partial charge in [-0.3, -0.25) is 4.90 Å². The molecule has 0 bridgehead atoms. The van der Waals surface area contributed by atoms with Crippen LogP contribution in [0.2, 0.25) is 0 Å². The number of nitrogens with zero attached hydrogens (tertiary/aromatic N) is 1. The summed E-state index contributed by atoms with van der Waals surface area (Å²) in [4.78, 5) is 14.3. The number of carbonyl (C=O) groups excluding carboxylic acids is 1. The Morgan fingerprint density at radius 3 is 2.61 bits per heavy atom. The van der Waals surface area contributed by atoms with Gasteiger partial charge >= 0.3 is 6.03 Å². The van der Waals surface area contributed by atoms with Crippen LogP contribution in [-0.2, 0) is 0 Å². The van der Waals surface area contributed by atoms with Gasteiger partial charge in [-0.15, -0.1) is 0 Å². The van der Waals surface area contributed by atoms with Crippen molar-refractivity contribution in [2.45, 2.75) is 51.7 Å². The van der Waals surface area contributed by atoms with Gasteiger partial charge in [-0.05, 0) is 51.4 Å². The van der Waals surface area contributed by atoms with Crippen molar-refractivity contribution in [1.82, 2.24) is 15.5 Å². The van der Waals surface area contributed by atoms with E-state index < -0.39 is 6.10 Å². The van der Waals surface area contributed by atoms with Crippen molar-refractivity contribution < 1.29 is 14.3 Å². The third-order valence-corrected chi connectivity index (χ3v) is 4.25. The highest BCUT2D eigenvalue weighted by Crippen LogP contribution is 2.26. The summed E-state index contributed by atoms with van der Waals surface area (Å²) in [5, 5.41) is 15.3. The molecule has 1 saturated heterocycles. The Hall–Kier alpha value is -1.53. The highest BCUT2D eigenvalue weighted by atomic mass is 16.3. The second kappa shape index (κ2) is 8.93. The molecule has 23 heavy (non-hydrogen) atoms. The lowest BCUT2D eigenvalue weighted by atomic mass is 10.2. The Morgan fingerprint density at radius 1 is 1.30 bits per heavy atom. The first-order valence-corrected chi connectivity index (χ1v) is 8.60. The standard InChI is InChI=1S/C17H29N3O3/c1-3-6-14(21)11-18-17(22)19-12-15(20-9-4-5-10-20)16-8-7-13(2)23-16/h7-8,14-15,21H,3-6,9-12H2,1-2H3,(H2,18,19,22). The van der Waals surface area contributed by atoms with Crippen molar-refractivity contribution in [3.05, 3.63) is 23.7 Å². The minimum Gasteiger partial charge on any atom is -0.465 e. The van der Waals surface area contributed by atoms with Crippen LogP contribution in [0.15, 0.2) is 16.5 Å². The van der Waals surface area contributed by atoms with E-state index >= 15 is 0 Å². The molecular weight excluding hydrogens is 294 g/mol. The van der Waals surface area contributed by atoms with E-state index in [-0.39, 0.29) is 18.6 Å². The van der Waals surface area contributed by atoms with Gasteiger partial charge in [-0.1, -0.05) is 13.3 Å². The van der Waals surface area contributed by atoms with E-state index in [9.17, 15) is 9.90 Å². The number of amides is 2. The van der Waals surface area contributed by atoms with E-state index in [1.807, 2.05) is 26.0 Å². The van der Waals surface area contributed by atoms with Crippen LogP contribution in [0, 0.1) is 6.92 Å². The average Bonchev–Trinajstić information content (AvgIpc) is 3.18. The van der Waals surface area contributed by atoms with Crippen LogP contribution >= 0.6 is 0 Å². The van der Waals surface area contributed by atoms with Crippen molar-refractivity contribution in [3.63, 3.8) is 0 Å². The maximum atomic E-state index is 11.9. The van der Waals surface area contributed by atoms with Crippen LogP contribution in [0.3, 0.4) is 0 Å². The predicted octanol–water partition coefficient (Wildman–Crippen LogP) is 2.19. The Balaban J connectivity index is 1.84. The molecule has 6 nitrogen and oxygen atoms in total. The summed E-state index contributed by atoms with van der Waals surface area (Å²) in [5.74, 6) is 1.78. The third kappa shape index (κ3) is 5.55. The molecule has 2 atom stereocenters. The van der Waals surface area contributed by atoms with Crippen molar-refractivity contribution in [1.29, 1.82) is 0 Å². The SMILES string of the molecule is CCCC(O)CNC(=O)NCC(c1ccc(C)o1)N1CCCC1. The monoisotopic (exact) mass is 323 g/mol. The van der Waals surface area contributed by atoms with Crippen LogP contribution in [0.1, 0.15) is 50.2 Å². The number of aryl methyl sites for hydroxylation is 1. The molecule has 0 spiro atoms. The van der Waals surface area contributed by atoms with E-state index in [0.717, 1.165) is 31.0 Å². The maximum Gasteiger partial charge on any atom is 0.314 e. The van der Waals surface area contributed by atoms with E-state index in [2.05, 4.69) is 15.5 Å². The topological polar surface area (TPSA) is 77.7 Å². The highest BCUT2D eigenvalue weighted by molar-refractivity contribution is 5.73. The highest BCUT2D eigenvalue weighted by Gasteiger charge is 2.26. The lowest BCUT2D eigenvalue weighted by Gasteiger charge is -2.26. The number of likely N-dealkylation sites (tertiary alicyclic amines) is 1. The first kappa shape index (κ1) is 17.8. The summed E-state index contributed by atoms with van der Waals surface area (Å²) in [5.41, 5.74) is 0. The van der Waals surface area contributed by atoms with Gasteiger partial charge in [-0.25, -0.2) is 4.79 Å². The zero-order valence-corrected chi connectivity index (χ0v) is 14.2. The molecular formula is C17H29N3O3. The molecule has 2 amide bonds. The second-order valence-corrected chi connectivity index (χ2v) is 6.24. The van der Waals surface area contributed by atoms with Gasteiger partial charge in [0.05, 0.1) is 12.1 Å². The molecule has 6 heteroatoms. The smallest absolute Gasteiger partial charge is 0.314 e. The largest absolute Gasteiger partial charge is 0.465 e. The normalized spacial score (nSPS) is 17.9. The molecule has 1 aliphatic rings. The van der Waals surface area contributed by atoms with Crippen LogP contribution in [0.5, 0.6) is 0 Å². The Kier molecular flexibility index (Phi) is 6.92. The fraction of sp³-hybridized carbons (Fsp3) is 0.706. The first-order chi connectivity index (χ1) is 11.1. The maximum absolute atomic E-state index is 11.9. The molecule has 1 aliphatic heterocycles. The summed E-state index contributed by atoms with van der Waals surface area (Å²) < 4.78 is 5.77. The number of rotatable bonds is 8. The number of furan rings is 1. The van der Waals surface area contributed by atoms with Gasteiger partial charge in [0, 0.05) is 13.1 Å². The van der Waals surface area contributed by atoms with Crippen molar-refractivity contribution in [2.75, 3.05) is 26.2 Å². The summed E-state index contributed by atoms with van der Waals surface area (Å²) in [6, 6.07) is 3.77. The van der Waals surface area contributed by atoms with Crippen LogP contribution in [0.25, 0.3) is 0 Å². The predicted molar refractivity (Wildman–Crippen MR) is 89.3 cm³/mol. The summed E-state index contributed by atoms with van der Waals surface area (Å²) in [7, 11) is 0. The van der Waals surface area contributed by atoms with Crippen LogP contribution in [-0.4, -0.2) is 48.3 Å². The molecule has 1 fully saturated rings. The number of hydrogen-bond donors (Lipinski definition) is 3. The Morgan fingerprint density at radius 2 is 2.00 bits per heavy atom. The van der Waals surface area contributed by atoms with Gasteiger partial charge < -0.3 is 20.2 Å². The zero-order chi connectivity index (χ0) is 16.7. The molecule has 2 unspecified atom stereocenters. The Labute approximate surface area is 138 Å². The number of hydrogen-bond acceptors (Lipinski definition) is 4. The molecule has 0 saturated carbocycles. The second-order valence-electron chi connectivity index (χ2n) is 6.24. The summed E-state index contributed by atoms with van der Waals surface area (Å²) in [6.07, 6.45) is 3.49. The van der Waals surface area contributed by atoms with Gasteiger partial charge in [0.15, 0.2) is 0 Å². The quantitative estimate of drug-likeness (QED) is 0.685. The average molecular weight is 323 g/mol. The van der Waals surface area contributed by atoms with Gasteiger partial charge in [-0.2, -0.15) is 0 Å². The molecule has 2 rings (SSSR count). The van der Waals surface area contributed by atoms with E-state index in [1.165, 1.54) is 12.8 Å². The third-order valence-electron chi connectivity index (χ3n) is 4.25. The van der Waals surface area contributed by atoms with Gasteiger partial charge in [0.25, 0.3) is 0 Å². The van der Waals surface area contributed by atoms with Gasteiger partial charge in [0.2, 0.25) is 0 Å². The lowest BCUT2D eigenvalue weighted by molar-refractivity contribution is 0.159. The van der Waals surface area contributed by atoms with Crippen molar-refractivity contribution in [2.24, 2.45) is 0 Å². The van der Waals surface area contributed by atoms with Crippen molar-refractivity contribution in [3.8, 4) is 0 Å². The number of aliphatic hydroxyl groups excluding tert-OH is 1. The van der Waals surface area contributed by atoms with Crippen LogP contribution in [0.4, 0.5) is 4.79 Å². The zero-order valence-electron chi connectivity index (χ0n) is 14.2. The minimum atomic E-state index is -0.479. The fourth-order valence-electron chi connectivity index (χ4n) is 2.99. The van der Waals surface area contributed by atoms with Crippen LogP contribution < -0.4 is 10.6 Å². The van der Waals surface area contributed by atoms with E-state index in [4.69, 9.17) is 4.42 Å². The molecule has 0 aliphatic carbocycles. The minimum absolute atomic E-state index is 0.0671. The van der Waals surface area contributed by atoms with Gasteiger partial charge in [0.1, 0.15) is 11.5 Å². The van der Waals surface area contributed by atoms with Crippen molar-refractivity contribution >= 4 is 6.03 Å². The molecule has 1 aromatic rings. The van der Waals surface area contributed by atoms with E-state index in [0.29, 0.717) is 13.0 Å². The molecule has 0 aromatic carbocycles. The molecule has 3 N–H and O–H groups in total. The number of aliphatic hydroxyl groups is 1. The molecule has 130 valence electrons. The number of urea groups is 1. The lowest BCUT2D eigenvalue weighted by Crippen LogP contribution is -2.43. The van der Waals surface area contributed by atoms with E-state index in [1.54, 1.807) is 0 Å². The number of nitrogens with one attached hydrogen (secondary N) is 2.